The van der Waals surface area contributed by atoms with Gasteiger partial charge in [-0.25, -0.2) is 0 Å². The molecule has 0 spiro atoms. The Morgan fingerprint density at radius 1 is 0.382 bits per heavy atom. The van der Waals surface area contributed by atoms with E-state index in [2.05, 4.69) is 157 Å². The van der Waals surface area contributed by atoms with Crippen LogP contribution in [0.25, 0.3) is 12.2 Å². The molecule has 164 valence electrons. The van der Waals surface area contributed by atoms with Crippen molar-refractivity contribution in [3.8, 4) is 0 Å². The summed E-state index contributed by atoms with van der Waals surface area (Å²) in [7, 11) is -0.401. The summed E-state index contributed by atoms with van der Waals surface area (Å²) in [4.78, 5) is 2.28. The molecule has 34 heavy (non-hydrogen) atoms. The second-order valence-electron chi connectivity index (χ2n) is 8.34. The zero-order valence-electron chi connectivity index (χ0n) is 19.1. The second kappa shape index (κ2) is 10.6. The smallest absolute Gasteiger partial charge is 0.0875 e. The van der Waals surface area contributed by atoms with Crippen LogP contribution < -0.4 is 15.3 Å². The van der Waals surface area contributed by atoms with E-state index in [1.54, 1.807) is 0 Å². The highest BCUT2D eigenvalue weighted by molar-refractivity contribution is 6.67. The number of para-hydroxylation sites is 2. The summed E-state index contributed by atoms with van der Waals surface area (Å²) >= 11 is 0. The van der Waals surface area contributed by atoms with Crippen molar-refractivity contribution in [3.63, 3.8) is 0 Å². The summed E-state index contributed by atoms with van der Waals surface area (Å²) in [5.41, 5.74) is 5.86. The SMILES string of the molecule is C(=Cc1ccc(N(c2ccccc2)c2ccccc2)cc1)c1ccc([SiH2]c2ccccc2)cc1. The van der Waals surface area contributed by atoms with Crippen molar-refractivity contribution >= 4 is 49.1 Å². The lowest BCUT2D eigenvalue weighted by molar-refractivity contribution is 1.28. The average Bonchev–Trinajstić information content (AvgIpc) is 2.91. The van der Waals surface area contributed by atoms with E-state index >= 15 is 0 Å². The molecule has 0 heterocycles. The standard InChI is InChI=1S/C32H27NSi/c1-4-10-28(11-5-1)33(29-12-6-2-7-13-29)30-22-18-26(19-23-30)16-17-27-20-24-32(25-21-27)34-31-14-8-3-9-15-31/h1-25H,34H2. The van der Waals surface area contributed by atoms with Crippen molar-refractivity contribution < 1.29 is 0 Å². The third-order valence-corrected chi connectivity index (χ3v) is 7.64. The topological polar surface area (TPSA) is 3.24 Å². The maximum Gasteiger partial charge on any atom is 0.0875 e. The van der Waals surface area contributed by atoms with Crippen LogP contribution in [0, 0.1) is 0 Å². The van der Waals surface area contributed by atoms with E-state index in [1.807, 2.05) is 0 Å². The van der Waals surface area contributed by atoms with Gasteiger partial charge in [0.05, 0.1) is 9.52 Å². The Hall–Kier alpha value is -4.14. The maximum atomic E-state index is 2.28. The Labute approximate surface area is 204 Å². The molecule has 0 saturated carbocycles. The van der Waals surface area contributed by atoms with E-state index in [9.17, 15) is 0 Å². The van der Waals surface area contributed by atoms with Crippen LogP contribution in [0.1, 0.15) is 11.1 Å². The Kier molecular flexibility index (Phi) is 6.79. The number of anilines is 3. The van der Waals surface area contributed by atoms with Crippen molar-refractivity contribution in [1.82, 2.24) is 0 Å². The Balaban J connectivity index is 1.31. The van der Waals surface area contributed by atoms with E-state index in [-0.39, 0.29) is 0 Å². The van der Waals surface area contributed by atoms with Gasteiger partial charge in [0.25, 0.3) is 0 Å². The minimum absolute atomic E-state index is 0.401. The predicted molar refractivity (Wildman–Crippen MR) is 151 cm³/mol. The number of benzene rings is 5. The molecule has 0 aliphatic rings. The van der Waals surface area contributed by atoms with Crippen LogP contribution in [0.15, 0.2) is 140 Å². The van der Waals surface area contributed by atoms with Crippen LogP contribution >= 0.6 is 0 Å². The molecule has 5 aromatic carbocycles. The van der Waals surface area contributed by atoms with Gasteiger partial charge in [-0.15, -0.1) is 0 Å². The van der Waals surface area contributed by atoms with Crippen LogP contribution in [-0.2, 0) is 0 Å². The fourth-order valence-corrected chi connectivity index (χ4v) is 5.56. The zero-order chi connectivity index (χ0) is 23.0. The summed E-state index contributed by atoms with van der Waals surface area (Å²) in [5, 5.41) is 2.94. The fraction of sp³-hybridized carbons (Fsp3) is 0. The van der Waals surface area contributed by atoms with Crippen LogP contribution in [0.2, 0.25) is 0 Å². The van der Waals surface area contributed by atoms with Crippen LogP contribution in [-0.4, -0.2) is 9.52 Å². The zero-order valence-corrected chi connectivity index (χ0v) is 20.5. The van der Waals surface area contributed by atoms with Crippen molar-refractivity contribution in [3.05, 3.63) is 151 Å². The molecule has 0 amide bonds. The maximum absolute atomic E-state index is 2.28. The largest absolute Gasteiger partial charge is 0.311 e. The molecule has 5 aromatic rings. The van der Waals surface area contributed by atoms with Gasteiger partial charge < -0.3 is 4.90 Å². The van der Waals surface area contributed by atoms with Gasteiger partial charge in [-0.3, -0.25) is 0 Å². The summed E-state index contributed by atoms with van der Waals surface area (Å²) in [5.74, 6) is 0. The molecule has 1 nitrogen and oxygen atoms in total. The monoisotopic (exact) mass is 453 g/mol. The number of nitrogens with zero attached hydrogens (tertiary/aromatic N) is 1. The van der Waals surface area contributed by atoms with Gasteiger partial charge in [0, 0.05) is 17.1 Å². The molecular weight excluding hydrogens is 426 g/mol. The van der Waals surface area contributed by atoms with Gasteiger partial charge in [-0.1, -0.05) is 126 Å². The van der Waals surface area contributed by atoms with Gasteiger partial charge in [0.1, 0.15) is 0 Å². The third-order valence-electron chi connectivity index (χ3n) is 5.88. The molecular formula is C32H27NSi. The fourth-order valence-electron chi connectivity index (χ4n) is 4.11. The molecule has 0 atom stereocenters. The van der Waals surface area contributed by atoms with Crippen LogP contribution in [0.5, 0.6) is 0 Å². The predicted octanol–water partition coefficient (Wildman–Crippen LogP) is 6.45. The molecule has 0 radical (unpaired) electrons. The lowest BCUT2D eigenvalue weighted by atomic mass is 10.1. The molecule has 0 bridgehead atoms. The van der Waals surface area contributed by atoms with E-state index < -0.39 is 9.52 Å². The van der Waals surface area contributed by atoms with Crippen molar-refractivity contribution in [2.75, 3.05) is 4.90 Å². The molecule has 0 aliphatic carbocycles. The van der Waals surface area contributed by atoms with Gasteiger partial charge in [-0.05, 0) is 47.5 Å². The quantitative estimate of drug-likeness (QED) is 0.202. The van der Waals surface area contributed by atoms with Crippen molar-refractivity contribution in [2.45, 2.75) is 0 Å². The van der Waals surface area contributed by atoms with E-state index in [1.165, 1.54) is 21.5 Å². The van der Waals surface area contributed by atoms with Crippen LogP contribution in [0.4, 0.5) is 17.1 Å². The summed E-state index contributed by atoms with van der Waals surface area (Å²) in [6.07, 6.45) is 4.37. The first-order valence-electron chi connectivity index (χ1n) is 11.7. The summed E-state index contributed by atoms with van der Waals surface area (Å²) in [6.45, 7) is 0. The van der Waals surface area contributed by atoms with Crippen molar-refractivity contribution in [1.29, 1.82) is 0 Å². The highest BCUT2D eigenvalue weighted by Gasteiger charge is 2.11. The molecule has 5 rings (SSSR count). The highest BCUT2D eigenvalue weighted by atomic mass is 28.2. The Morgan fingerprint density at radius 2 is 0.765 bits per heavy atom. The van der Waals surface area contributed by atoms with Gasteiger partial charge in [0.15, 0.2) is 0 Å². The molecule has 0 fully saturated rings. The molecule has 0 N–H and O–H groups in total. The molecule has 0 saturated heterocycles. The lowest BCUT2D eigenvalue weighted by Crippen LogP contribution is -2.26. The molecule has 0 aromatic heterocycles. The average molecular weight is 454 g/mol. The summed E-state index contributed by atoms with van der Waals surface area (Å²) < 4.78 is 0. The summed E-state index contributed by atoms with van der Waals surface area (Å²) in [6, 6.07) is 49.6. The number of hydrogen-bond acceptors (Lipinski definition) is 1. The number of rotatable bonds is 7. The van der Waals surface area contributed by atoms with E-state index in [0.29, 0.717) is 0 Å². The van der Waals surface area contributed by atoms with Gasteiger partial charge in [0.2, 0.25) is 0 Å². The minimum Gasteiger partial charge on any atom is -0.311 e. The first-order chi connectivity index (χ1) is 16.8. The molecule has 2 heteroatoms. The second-order valence-corrected chi connectivity index (χ2v) is 10.3. The number of hydrogen-bond donors (Lipinski definition) is 0. The lowest BCUT2D eigenvalue weighted by Gasteiger charge is -2.25. The van der Waals surface area contributed by atoms with E-state index in [0.717, 1.165) is 17.1 Å². The van der Waals surface area contributed by atoms with Crippen LogP contribution in [0.3, 0.4) is 0 Å². The molecule has 0 unspecified atom stereocenters. The first kappa shape index (κ1) is 21.7. The Morgan fingerprint density at radius 3 is 1.26 bits per heavy atom. The Bertz CT molecular complexity index is 1290. The highest BCUT2D eigenvalue weighted by Crippen LogP contribution is 2.34. The third kappa shape index (κ3) is 5.43. The molecule has 0 aliphatic heterocycles. The minimum atomic E-state index is -0.401. The van der Waals surface area contributed by atoms with Gasteiger partial charge >= 0.3 is 0 Å². The van der Waals surface area contributed by atoms with Crippen molar-refractivity contribution in [2.24, 2.45) is 0 Å². The normalized spacial score (nSPS) is 11.3. The van der Waals surface area contributed by atoms with Gasteiger partial charge in [-0.2, -0.15) is 0 Å². The first-order valence-corrected chi connectivity index (χ1v) is 13.1. The van der Waals surface area contributed by atoms with E-state index in [4.69, 9.17) is 0 Å².